The molecule has 0 saturated carbocycles. The second kappa shape index (κ2) is 2.62. The molecule has 0 aliphatic carbocycles. The van der Waals surface area contributed by atoms with Crippen LogP contribution in [0, 0.1) is 23.5 Å². The van der Waals surface area contributed by atoms with E-state index in [1.807, 2.05) is 0 Å². The molecular formula is C6HBrF3. The third-order valence-corrected chi connectivity index (χ3v) is 1.65. The first-order chi connectivity index (χ1) is 4.63. The Balaban J connectivity index is 3.34. The maximum absolute atomic E-state index is 12.3. The van der Waals surface area contributed by atoms with Crippen molar-refractivity contribution < 1.29 is 13.2 Å². The maximum atomic E-state index is 12.3. The quantitative estimate of drug-likeness (QED) is 0.456. The molecule has 0 aromatic heterocycles. The van der Waals surface area contributed by atoms with Crippen LogP contribution in [0.5, 0.6) is 0 Å². The highest BCUT2D eigenvalue weighted by molar-refractivity contribution is 9.10. The standard InChI is InChI=1S/C6HBrF3/c7-5-3(8)1-2-4(9)6(5)10/h1H. The Morgan fingerprint density at radius 3 is 2.40 bits per heavy atom. The van der Waals surface area contributed by atoms with Gasteiger partial charge in [-0.15, -0.1) is 0 Å². The molecule has 0 nitrogen and oxygen atoms in total. The number of benzene rings is 1. The van der Waals surface area contributed by atoms with Gasteiger partial charge in [-0.3, -0.25) is 0 Å². The molecule has 0 saturated heterocycles. The summed E-state index contributed by atoms with van der Waals surface area (Å²) in [5, 5.41) is 0. The molecule has 0 aliphatic rings. The third-order valence-electron chi connectivity index (χ3n) is 0.921. The van der Waals surface area contributed by atoms with Crippen LogP contribution < -0.4 is 0 Å². The fraction of sp³-hybridized carbons (Fsp3) is 0. The molecule has 1 aromatic carbocycles. The van der Waals surface area contributed by atoms with Crippen molar-refractivity contribution >= 4 is 15.9 Å². The maximum Gasteiger partial charge on any atom is 0.176 e. The van der Waals surface area contributed by atoms with E-state index in [0.717, 1.165) is 6.07 Å². The molecule has 53 valence electrons. The first-order valence-corrected chi connectivity index (χ1v) is 3.13. The van der Waals surface area contributed by atoms with E-state index in [0.29, 0.717) is 0 Å². The fourth-order valence-electron chi connectivity index (χ4n) is 0.455. The summed E-state index contributed by atoms with van der Waals surface area (Å²) in [6.07, 6.45) is 0. The average Bonchev–Trinajstić information content (AvgIpc) is 1.93. The van der Waals surface area contributed by atoms with Crippen LogP contribution in [-0.2, 0) is 0 Å². The number of hydrogen-bond donors (Lipinski definition) is 0. The van der Waals surface area contributed by atoms with E-state index >= 15 is 0 Å². The van der Waals surface area contributed by atoms with Crippen LogP contribution in [0.2, 0.25) is 0 Å². The largest absolute Gasteiger partial charge is 0.206 e. The summed E-state index contributed by atoms with van der Waals surface area (Å²) in [6, 6.07) is 2.49. The molecule has 0 spiro atoms. The van der Waals surface area contributed by atoms with Crippen molar-refractivity contribution in [3.05, 3.63) is 34.1 Å². The highest BCUT2D eigenvalue weighted by Gasteiger charge is 2.09. The molecule has 0 N–H and O–H groups in total. The molecule has 1 rings (SSSR count). The van der Waals surface area contributed by atoms with Gasteiger partial charge in [0.05, 0.1) is 4.47 Å². The minimum Gasteiger partial charge on any atom is -0.206 e. The summed E-state index contributed by atoms with van der Waals surface area (Å²) in [5.74, 6) is -3.30. The van der Waals surface area contributed by atoms with E-state index < -0.39 is 21.9 Å². The normalized spacial score (nSPS) is 10.0. The van der Waals surface area contributed by atoms with E-state index in [1.54, 1.807) is 6.07 Å². The second-order valence-electron chi connectivity index (χ2n) is 1.58. The summed E-state index contributed by atoms with van der Waals surface area (Å²) in [5.41, 5.74) is 0. The minimum absolute atomic E-state index is 0.497. The molecule has 0 atom stereocenters. The molecule has 0 bridgehead atoms. The molecule has 0 fully saturated rings. The number of halogens is 4. The van der Waals surface area contributed by atoms with E-state index in [2.05, 4.69) is 15.9 Å². The van der Waals surface area contributed by atoms with Crippen molar-refractivity contribution in [1.29, 1.82) is 0 Å². The van der Waals surface area contributed by atoms with Crippen molar-refractivity contribution in [3.63, 3.8) is 0 Å². The van der Waals surface area contributed by atoms with E-state index in [-0.39, 0.29) is 0 Å². The van der Waals surface area contributed by atoms with E-state index in [9.17, 15) is 13.2 Å². The predicted molar refractivity (Wildman–Crippen MR) is 32.9 cm³/mol. The Morgan fingerprint density at radius 1 is 1.30 bits per heavy atom. The first-order valence-electron chi connectivity index (χ1n) is 2.33. The summed E-state index contributed by atoms with van der Waals surface area (Å²) >= 11 is 2.52. The van der Waals surface area contributed by atoms with Crippen molar-refractivity contribution in [2.75, 3.05) is 0 Å². The van der Waals surface area contributed by atoms with Crippen molar-refractivity contribution in [3.8, 4) is 0 Å². The molecule has 1 aromatic rings. The lowest BCUT2D eigenvalue weighted by atomic mass is 10.3. The molecule has 0 aliphatic heterocycles. The molecular weight excluding hydrogens is 209 g/mol. The van der Waals surface area contributed by atoms with Crippen LogP contribution in [-0.4, -0.2) is 0 Å². The van der Waals surface area contributed by atoms with Gasteiger partial charge < -0.3 is 0 Å². The van der Waals surface area contributed by atoms with Gasteiger partial charge >= 0.3 is 0 Å². The Kier molecular flexibility index (Phi) is 1.99. The van der Waals surface area contributed by atoms with E-state index in [1.165, 1.54) is 0 Å². The highest BCUT2D eigenvalue weighted by atomic mass is 79.9. The molecule has 10 heavy (non-hydrogen) atoms. The van der Waals surface area contributed by atoms with Gasteiger partial charge in [-0.2, -0.15) is 0 Å². The van der Waals surface area contributed by atoms with E-state index in [4.69, 9.17) is 0 Å². The van der Waals surface area contributed by atoms with Gasteiger partial charge in [-0.1, -0.05) is 0 Å². The van der Waals surface area contributed by atoms with Crippen molar-refractivity contribution in [2.24, 2.45) is 0 Å². The lowest BCUT2D eigenvalue weighted by Gasteiger charge is -1.94. The minimum atomic E-state index is -1.25. The monoisotopic (exact) mass is 209 g/mol. The van der Waals surface area contributed by atoms with Crippen molar-refractivity contribution in [1.82, 2.24) is 0 Å². The van der Waals surface area contributed by atoms with Gasteiger partial charge in [0, 0.05) is 6.07 Å². The van der Waals surface area contributed by atoms with Crippen LogP contribution in [0.4, 0.5) is 13.2 Å². The molecule has 0 amide bonds. The summed E-state index contributed by atoms with van der Waals surface area (Å²) < 4.78 is 36.2. The van der Waals surface area contributed by atoms with Crippen LogP contribution in [0.25, 0.3) is 0 Å². The summed E-state index contributed by atoms with van der Waals surface area (Å²) in [6.45, 7) is 0. The van der Waals surface area contributed by atoms with Gasteiger partial charge in [0.25, 0.3) is 0 Å². The Morgan fingerprint density at radius 2 is 1.90 bits per heavy atom. The lowest BCUT2D eigenvalue weighted by molar-refractivity contribution is 0.486. The lowest BCUT2D eigenvalue weighted by Crippen LogP contribution is -1.88. The van der Waals surface area contributed by atoms with Gasteiger partial charge in [0.15, 0.2) is 11.6 Å². The van der Waals surface area contributed by atoms with Gasteiger partial charge in [0.2, 0.25) is 0 Å². The molecule has 4 heteroatoms. The zero-order chi connectivity index (χ0) is 7.72. The summed E-state index contributed by atoms with van der Waals surface area (Å²) in [4.78, 5) is 0. The highest BCUT2D eigenvalue weighted by Crippen LogP contribution is 2.20. The fourth-order valence-corrected chi connectivity index (χ4v) is 0.743. The topological polar surface area (TPSA) is 0 Å². The zero-order valence-electron chi connectivity index (χ0n) is 4.59. The van der Waals surface area contributed by atoms with Gasteiger partial charge in [-0.25, -0.2) is 13.2 Å². The number of hydrogen-bond acceptors (Lipinski definition) is 0. The van der Waals surface area contributed by atoms with Gasteiger partial charge in [0.1, 0.15) is 5.82 Å². The van der Waals surface area contributed by atoms with Crippen LogP contribution in [0.15, 0.2) is 10.5 Å². The Labute approximate surface area is 63.8 Å². The zero-order valence-corrected chi connectivity index (χ0v) is 6.18. The third kappa shape index (κ3) is 1.16. The molecule has 0 heterocycles. The van der Waals surface area contributed by atoms with Crippen molar-refractivity contribution in [2.45, 2.75) is 0 Å². The first kappa shape index (κ1) is 7.60. The van der Waals surface area contributed by atoms with Crippen LogP contribution in [0.1, 0.15) is 0 Å². The SMILES string of the molecule is Fc1[c]cc(F)c(Br)c1F. The average molecular weight is 210 g/mol. The summed E-state index contributed by atoms with van der Waals surface area (Å²) in [7, 11) is 0. The molecule has 1 radical (unpaired) electrons. The Hall–Kier alpha value is -0.510. The smallest absolute Gasteiger partial charge is 0.176 e. The number of rotatable bonds is 0. The Bertz CT molecular complexity index is 232. The predicted octanol–water partition coefficient (Wildman–Crippen LogP) is 2.67. The second-order valence-corrected chi connectivity index (χ2v) is 2.37. The van der Waals surface area contributed by atoms with Crippen LogP contribution >= 0.6 is 15.9 Å². The molecule has 0 unspecified atom stereocenters. The van der Waals surface area contributed by atoms with Crippen LogP contribution in [0.3, 0.4) is 0 Å². The van der Waals surface area contributed by atoms with Gasteiger partial charge in [-0.05, 0) is 22.0 Å².